The van der Waals surface area contributed by atoms with Gasteiger partial charge in [-0.25, -0.2) is 0 Å². The van der Waals surface area contributed by atoms with Crippen molar-refractivity contribution in [2.75, 3.05) is 19.6 Å². The number of Topliss-reactive ketones (excluding diaryl/α,β-unsaturated/α-hetero) is 2. The van der Waals surface area contributed by atoms with Crippen molar-refractivity contribution >= 4 is 17.9 Å². The molecule has 0 rings (SSSR count). The molecule has 0 aromatic rings. The molecule has 220 valence electrons. The van der Waals surface area contributed by atoms with E-state index in [-0.39, 0.29) is 22.0 Å². The fraction of sp³-hybridized carbons (Fsp3) is 0.788. The second-order valence-corrected chi connectivity index (χ2v) is 13.6. The summed E-state index contributed by atoms with van der Waals surface area (Å²) in [5.74, 6) is 0.576. The van der Waals surface area contributed by atoms with E-state index in [1.165, 1.54) is 0 Å². The Balaban J connectivity index is 4.63. The van der Waals surface area contributed by atoms with E-state index < -0.39 is 0 Å². The average Bonchev–Trinajstić information content (AvgIpc) is 2.79. The zero-order valence-corrected chi connectivity index (χ0v) is 26.3. The van der Waals surface area contributed by atoms with E-state index >= 15 is 0 Å². The Labute approximate surface area is 235 Å². The third-order valence-electron chi connectivity index (χ3n) is 7.74. The average molecular weight is 533 g/mol. The van der Waals surface area contributed by atoms with Gasteiger partial charge < -0.3 is 19.8 Å². The number of carbonyl (C=O) groups is 3. The number of nitrogens with one attached hydrogen (secondary N) is 1. The van der Waals surface area contributed by atoms with Crippen molar-refractivity contribution in [1.29, 1.82) is 0 Å². The molecule has 0 aliphatic carbocycles. The SMILES string of the molecule is C=C(CCC(C)=O)NCCCCCCN(CCCCC(=O)C(C)(CC(C)(C)C)C(C)(C)C)C(=C)CCC=O. The van der Waals surface area contributed by atoms with E-state index in [0.717, 1.165) is 82.3 Å². The van der Waals surface area contributed by atoms with E-state index in [2.05, 4.69) is 71.8 Å². The van der Waals surface area contributed by atoms with E-state index in [1.807, 2.05) is 0 Å². The second-order valence-electron chi connectivity index (χ2n) is 13.6. The fourth-order valence-electron chi connectivity index (χ4n) is 4.98. The van der Waals surface area contributed by atoms with Crippen LogP contribution in [0.2, 0.25) is 0 Å². The van der Waals surface area contributed by atoms with E-state index in [0.29, 0.717) is 37.9 Å². The van der Waals surface area contributed by atoms with Gasteiger partial charge >= 0.3 is 0 Å². The monoisotopic (exact) mass is 532 g/mol. The Morgan fingerprint density at radius 3 is 1.89 bits per heavy atom. The molecule has 38 heavy (non-hydrogen) atoms. The van der Waals surface area contributed by atoms with Crippen molar-refractivity contribution < 1.29 is 14.4 Å². The minimum Gasteiger partial charge on any atom is -0.389 e. The maximum Gasteiger partial charge on any atom is 0.139 e. The Morgan fingerprint density at radius 2 is 1.37 bits per heavy atom. The number of aldehydes is 1. The highest BCUT2D eigenvalue weighted by atomic mass is 16.1. The molecule has 0 aromatic carbocycles. The zero-order chi connectivity index (χ0) is 29.4. The number of allylic oxidation sites excluding steroid dienone is 2. The van der Waals surface area contributed by atoms with Gasteiger partial charge in [0.2, 0.25) is 0 Å². The lowest BCUT2D eigenvalue weighted by Gasteiger charge is -2.44. The quantitative estimate of drug-likeness (QED) is 0.113. The van der Waals surface area contributed by atoms with Gasteiger partial charge in [-0.2, -0.15) is 0 Å². The summed E-state index contributed by atoms with van der Waals surface area (Å²) in [5.41, 5.74) is 1.65. The van der Waals surface area contributed by atoms with E-state index in [1.54, 1.807) is 6.92 Å². The van der Waals surface area contributed by atoms with Crippen LogP contribution in [0.25, 0.3) is 0 Å². The first-order valence-electron chi connectivity index (χ1n) is 14.8. The van der Waals surface area contributed by atoms with E-state index in [4.69, 9.17) is 0 Å². The van der Waals surface area contributed by atoms with Gasteiger partial charge in [0.05, 0.1) is 0 Å². The highest BCUT2D eigenvalue weighted by Gasteiger charge is 2.45. The van der Waals surface area contributed by atoms with Gasteiger partial charge in [0, 0.05) is 55.7 Å². The van der Waals surface area contributed by atoms with E-state index in [9.17, 15) is 14.4 Å². The lowest BCUT2D eigenvalue weighted by molar-refractivity contribution is -0.136. The van der Waals surface area contributed by atoms with Crippen LogP contribution in [0.3, 0.4) is 0 Å². The van der Waals surface area contributed by atoms with Crippen molar-refractivity contribution in [3.05, 3.63) is 24.6 Å². The topological polar surface area (TPSA) is 66.5 Å². The second kappa shape index (κ2) is 17.6. The van der Waals surface area contributed by atoms with Crippen molar-refractivity contribution in [3.63, 3.8) is 0 Å². The summed E-state index contributed by atoms with van der Waals surface area (Å²) in [5, 5.41) is 3.32. The fourth-order valence-corrected chi connectivity index (χ4v) is 4.98. The summed E-state index contributed by atoms with van der Waals surface area (Å²) >= 11 is 0. The zero-order valence-electron chi connectivity index (χ0n) is 26.3. The van der Waals surface area contributed by atoms with Gasteiger partial charge in [0.15, 0.2) is 0 Å². The maximum atomic E-state index is 13.4. The maximum absolute atomic E-state index is 13.4. The number of ketones is 2. The van der Waals surface area contributed by atoms with Crippen LogP contribution in [0.1, 0.15) is 132 Å². The molecule has 0 fully saturated rings. The first-order chi connectivity index (χ1) is 17.5. The molecule has 1 N–H and O–H groups in total. The number of nitrogens with zero attached hydrogens (tertiary/aromatic N) is 1. The summed E-state index contributed by atoms with van der Waals surface area (Å²) in [6.07, 6.45) is 11.2. The molecule has 0 saturated heterocycles. The number of unbranched alkanes of at least 4 members (excludes halogenated alkanes) is 4. The Morgan fingerprint density at radius 1 is 0.789 bits per heavy atom. The molecular formula is C33H60N2O3. The minimum absolute atomic E-state index is 0.0795. The molecule has 0 heterocycles. The summed E-state index contributed by atoms with van der Waals surface area (Å²) in [6.45, 7) is 28.0. The van der Waals surface area contributed by atoms with Gasteiger partial charge in [0.1, 0.15) is 17.9 Å². The summed E-state index contributed by atoms with van der Waals surface area (Å²) in [6, 6.07) is 0. The van der Waals surface area contributed by atoms with Crippen LogP contribution < -0.4 is 5.32 Å². The molecule has 0 bridgehead atoms. The smallest absolute Gasteiger partial charge is 0.139 e. The third-order valence-corrected chi connectivity index (χ3v) is 7.74. The van der Waals surface area contributed by atoms with Crippen molar-refractivity contribution in [1.82, 2.24) is 10.2 Å². The first-order valence-corrected chi connectivity index (χ1v) is 14.8. The van der Waals surface area contributed by atoms with Gasteiger partial charge in [0.25, 0.3) is 0 Å². The van der Waals surface area contributed by atoms with Crippen LogP contribution in [-0.2, 0) is 14.4 Å². The van der Waals surface area contributed by atoms with Crippen LogP contribution in [0, 0.1) is 16.2 Å². The number of hydrogen-bond donors (Lipinski definition) is 1. The largest absolute Gasteiger partial charge is 0.389 e. The summed E-state index contributed by atoms with van der Waals surface area (Å²) in [7, 11) is 0. The Bertz CT molecular complexity index is 757. The molecule has 0 amide bonds. The first kappa shape index (κ1) is 36.1. The highest BCUT2D eigenvalue weighted by molar-refractivity contribution is 5.85. The van der Waals surface area contributed by atoms with Crippen molar-refractivity contribution in [2.24, 2.45) is 16.2 Å². The molecule has 0 radical (unpaired) electrons. The van der Waals surface area contributed by atoms with Crippen molar-refractivity contribution in [3.8, 4) is 0 Å². The van der Waals surface area contributed by atoms with Gasteiger partial charge in [-0.1, -0.05) is 74.5 Å². The lowest BCUT2D eigenvalue weighted by Crippen LogP contribution is -2.43. The summed E-state index contributed by atoms with van der Waals surface area (Å²) in [4.78, 5) is 37.7. The molecule has 1 atom stereocenters. The molecule has 0 spiro atoms. The van der Waals surface area contributed by atoms with Crippen LogP contribution in [0.4, 0.5) is 0 Å². The molecule has 0 aliphatic rings. The molecule has 0 aromatic heterocycles. The molecule has 0 aliphatic heterocycles. The predicted molar refractivity (Wildman–Crippen MR) is 162 cm³/mol. The number of hydrogen-bond acceptors (Lipinski definition) is 5. The third kappa shape index (κ3) is 15.5. The molecule has 5 heteroatoms. The molecular weight excluding hydrogens is 472 g/mol. The minimum atomic E-state index is -0.340. The van der Waals surface area contributed by atoms with Gasteiger partial charge in [-0.3, -0.25) is 4.79 Å². The molecule has 5 nitrogen and oxygen atoms in total. The molecule has 0 saturated carbocycles. The highest BCUT2D eigenvalue weighted by Crippen LogP contribution is 2.48. The molecule has 1 unspecified atom stereocenters. The number of carbonyl (C=O) groups excluding carboxylic acids is 3. The Kier molecular flexibility index (Phi) is 16.7. The summed E-state index contributed by atoms with van der Waals surface area (Å²) < 4.78 is 0. The van der Waals surface area contributed by atoms with Crippen LogP contribution >= 0.6 is 0 Å². The normalized spacial score (nSPS) is 13.5. The van der Waals surface area contributed by atoms with Crippen LogP contribution in [0.15, 0.2) is 24.6 Å². The predicted octanol–water partition coefficient (Wildman–Crippen LogP) is 8.04. The van der Waals surface area contributed by atoms with Gasteiger partial charge in [-0.15, -0.1) is 0 Å². The Hall–Kier alpha value is -1.91. The standard InChI is InChI=1S/C33H60N2O3/c1-27(20-21-29(3)37)34-22-14-11-12-15-23-35(28(2)18-17-25-36)24-16-13-19-30(38)33(10,32(7,8)9)26-31(4,5)6/h25,34H,1-2,11-24,26H2,3-10H3. The number of rotatable bonds is 22. The van der Waals surface area contributed by atoms with Gasteiger partial charge in [-0.05, 0) is 62.7 Å². The van der Waals surface area contributed by atoms with Crippen LogP contribution in [0.5, 0.6) is 0 Å². The van der Waals surface area contributed by atoms with Crippen molar-refractivity contribution in [2.45, 2.75) is 132 Å². The van der Waals surface area contributed by atoms with Crippen LogP contribution in [-0.4, -0.2) is 42.4 Å². The lowest BCUT2D eigenvalue weighted by atomic mass is 9.58.